The van der Waals surface area contributed by atoms with Crippen LogP contribution in [0.4, 0.5) is 0 Å². The molecule has 0 spiro atoms. The molecule has 0 unspecified atom stereocenters. The first-order valence-corrected chi connectivity index (χ1v) is 11.4. The van der Waals surface area contributed by atoms with Crippen LogP contribution in [-0.2, 0) is 20.6 Å². The van der Waals surface area contributed by atoms with E-state index < -0.39 is 0 Å². The summed E-state index contributed by atoms with van der Waals surface area (Å²) >= 11 is 0. The summed E-state index contributed by atoms with van der Waals surface area (Å²) in [6, 6.07) is 0. The molecule has 1 aliphatic rings. The fourth-order valence-electron chi connectivity index (χ4n) is 4.57. The van der Waals surface area contributed by atoms with Gasteiger partial charge in [0.1, 0.15) is 0 Å². The van der Waals surface area contributed by atoms with Gasteiger partial charge < -0.3 is 14.4 Å². The third-order valence-electron chi connectivity index (χ3n) is 6.51. The van der Waals surface area contributed by atoms with Crippen molar-refractivity contribution in [3.8, 4) is 0 Å². The van der Waals surface area contributed by atoms with Gasteiger partial charge in [-0.15, -0.1) is 0 Å². The Kier molecular flexibility index (Phi) is 7.52. The summed E-state index contributed by atoms with van der Waals surface area (Å²) in [7, 11) is 3.18. The molecule has 2 aromatic heterocycles. The molecule has 2 aromatic rings. The molecule has 0 atom stereocenters. The quantitative estimate of drug-likeness (QED) is 0.618. The average molecular weight is 419 g/mol. The van der Waals surface area contributed by atoms with Gasteiger partial charge in [0.05, 0.1) is 6.33 Å². The Morgan fingerprint density at radius 3 is 2.47 bits per heavy atom. The number of hydrogen-bond acceptors (Lipinski definition) is 5. The number of likely N-dealkylation sites (tertiary alicyclic amines) is 1. The molecule has 8 nitrogen and oxygen atoms in total. The van der Waals surface area contributed by atoms with Crippen molar-refractivity contribution in [2.45, 2.75) is 46.6 Å². The lowest BCUT2D eigenvalue weighted by molar-refractivity contribution is 0.158. The highest BCUT2D eigenvalue weighted by atomic mass is 16.2. The normalized spacial score (nSPS) is 16.4. The van der Waals surface area contributed by atoms with E-state index in [2.05, 4.69) is 35.6 Å². The summed E-state index contributed by atoms with van der Waals surface area (Å²) in [4.78, 5) is 34.0. The number of imidazole rings is 1. The van der Waals surface area contributed by atoms with Gasteiger partial charge >= 0.3 is 5.69 Å². The maximum absolute atomic E-state index is 12.6. The third-order valence-corrected chi connectivity index (χ3v) is 6.51. The highest BCUT2D eigenvalue weighted by molar-refractivity contribution is 5.69. The highest BCUT2D eigenvalue weighted by Gasteiger charge is 2.21. The fourth-order valence-corrected chi connectivity index (χ4v) is 4.57. The first-order chi connectivity index (χ1) is 14.3. The Morgan fingerprint density at radius 2 is 1.83 bits per heavy atom. The molecule has 0 saturated carbocycles. The van der Waals surface area contributed by atoms with Gasteiger partial charge in [-0.2, -0.15) is 0 Å². The average Bonchev–Trinajstić information content (AvgIpc) is 3.16. The lowest BCUT2D eigenvalue weighted by Gasteiger charge is -2.33. The molecule has 0 aromatic carbocycles. The smallest absolute Gasteiger partial charge is 0.323 e. The Balaban J connectivity index is 1.52. The summed E-state index contributed by atoms with van der Waals surface area (Å²) < 4.78 is 4.50. The molecule has 0 radical (unpaired) electrons. The summed E-state index contributed by atoms with van der Waals surface area (Å²) in [6.45, 7) is 14.2. The van der Waals surface area contributed by atoms with Crippen molar-refractivity contribution >= 4 is 11.2 Å². The number of rotatable bonds is 9. The zero-order chi connectivity index (χ0) is 21.8. The second-order valence-corrected chi connectivity index (χ2v) is 9.18. The van der Waals surface area contributed by atoms with E-state index >= 15 is 0 Å². The molecule has 1 aliphatic heterocycles. The monoisotopic (exact) mass is 418 g/mol. The van der Waals surface area contributed by atoms with Crippen LogP contribution >= 0.6 is 0 Å². The Labute approximate surface area is 179 Å². The molecule has 1 fully saturated rings. The van der Waals surface area contributed by atoms with Crippen LogP contribution in [0.1, 0.15) is 40.0 Å². The van der Waals surface area contributed by atoms with Gasteiger partial charge in [-0.1, -0.05) is 20.8 Å². The van der Waals surface area contributed by atoms with E-state index in [1.165, 1.54) is 44.0 Å². The maximum Gasteiger partial charge on any atom is 0.332 e. The van der Waals surface area contributed by atoms with Crippen molar-refractivity contribution < 1.29 is 0 Å². The lowest BCUT2D eigenvalue weighted by Crippen LogP contribution is -2.39. The molecule has 0 aliphatic carbocycles. The molecule has 168 valence electrons. The predicted octanol–water partition coefficient (Wildman–Crippen LogP) is 1.51. The van der Waals surface area contributed by atoms with Crippen LogP contribution in [0.2, 0.25) is 0 Å². The minimum atomic E-state index is -0.338. The van der Waals surface area contributed by atoms with E-state index in [4.69, 9.17) is 0 Å². The molecule has 0 bridgehead atoms. The van der Waals surface area contributed by atoms with Crippen LogP contribution in [0.5, 0.6) is 0 Å². The van der Waals surface area contributed by atoms with Crippen molar-refractivity contribution in [2.75, 3.05) is 39.3 Å². The van der Waals surface area contributed by atoms with Crippen LogP contribution in [0, 0.1) is 11.8 Å². The van der Waals surface area contributed by atoms with Crippen LogP contribution in [0.25, 0.3) is 11.2 Å². The third kappa shape index (κ3) is 5.03. The van der Waals surface area contributed by atoms with Gasteiger partial charge in [0.2, 0.25) is 0 Å². The topological polar surface area (TPSA) is 68.3 Å². The molecule has 1 saturated heterocycles. The molecular formula is C22H38N6O2. The number of nitrogens with zero attached hydrogens (tertiary/aromatic N) is 6. The van der Waals surface area contributed by atoms with E-state index in [-0.39, 0.29) is 11.2 Å². The van der Waals surface area contributed by atoms with Gasteiger partial charge in [0, 0.05) is 33.7 Å². The number of aromatic nitrogens is 4. The Morgan fingerprint density at radius 1 is 1.13 bits per heavy atom. The molecule has 0 N–H and O–H groups in total. The largest absolute Gasteiger partial charge is 0.332 e. The number of piperidine rings is 1. The standard InChI is InChI=1S/C22H38N6O2/c1-6-26(15-17(2)3)10-7-18-8-11-27(12-9-18)13-14-28-16-23-20-19(28)21(29)25(5)22(30)24(20)4/h16-18H,6-15H2,1-5H3. The van der Waals surface area contributed by atoms with Gasteiger partial charge in [-0.3, -0.25) is 13.9 Å². The summed E-state index contributed by atoms with van der Waals surface area (Å²) in [6.07, 6.45) is 5.48. The van der Waals surface area contributed by atoms with E-state index in [0.717, 1.165) is 42.6 Å². The van der Waals surface area contributed by atoms with E-state index in [1.54, 1.807) is 13.4 Å². The SMILES string of the molecule is CCN(CCC1CCN(CCn2cnc3c2c(=O)n(C)c(=O)n3C)CC1)CC(C)C. The highest BCUT2D eigenvalue weighted by Crippen LogP contribution is 2.21. The molecule has 0 amide bonds. The minimum Gasteiger partial charge on any atom is -0.323 e. The van der Waals surface area contributed by atoms with E-state index in [9.17, 15) is 9.59 Å². The summed E-state index contributed by atoms with van der Waals surface area (Å²) in [5, 5.41) is 0. The zero-order valence-corrected chi connectivity index (χ0v) is 19.3. The van der Waals surface area contributed by atoms with Crippen LogP contribution < -0.4 is 11.2 Å². The number of hydrogen-bond donors (Lipinski definition) is 0. The Hall–Kier alpha value is -1.93. The lowest BCUT2D eigenvalue weighted by atomic mass is 9.93. The van der Waals surface area contributed by atoms with Crippen molar-refractivity contribution in [2.24, 2.45) is 25.9 Å². The van der Waals surface area contributed by atoms with Crippen LogP contribution in [-0.4, -0.2) is 67.8 Å². The molecule has 30 heavy (non-hydrogen) atoms. The molecule has 3 heterocycles. The van der Waals surface area contributed by atoms with Gasteiger partial charge in [-0.25, -0.2) is 9.78 Å². The van der Waals surface area contributed by atoms with E-state index in [0.29, 0.717) is 17.7 Å². The van der Waals surface area contributed by atoms with Gasteiger partial charge in [0.15, 0.2) is 11.2 Å². The first kappa shape index (κ1) is 22.7. The molecular weight excluding hydrogens is 380 g/mol. The summed E-state index contributed by atoms with van der Waals surface area (Å²) in [5.41, 5.74) is 0.365. The molecule has 3 rings (SSSR count). The summed E-state index contributed by atoms with van der Waals surface area (Å²) in [5.74, 6) is 1.55. The second-order valence-electron chi connectivity index (χ2n) is 9.18. The van der Waals surface area contributed by atoms with Crippen LogP contribution in [0.3, 0.4) is 0 Å². The minimum absolute atomic E-state index is 0.272. The Bertz CT molecular complexity index is 949. The van der Waals surface area contributed by atoms with Crippen LogP contribution in [0.15, 0.2) is 15.9 Å². The second kappa shape index (κ2) is 9.92. The number of aryl methyl sites for hydroxylation is 1. The maximum atomic E-state index is 12.6. The molecule has 8 heteroatoms. The van der Waals surface area contributed by atoms with Gasteiger partial charge in [0.25, 0.3) is 5.56 Å². The number of fused-ring (bicyclic) bond motifs is 1. The first-order valence-electron chi connectivity index (χ1n) is 11.4. The zero-order valence-electron chi connectivity index (χ0n) is 19.3. The van der Waals surface area contributed by atoms with Crippen molar-refractivity contribution in [3.05, 3.63) is 27.2 Å². The fraction of sp³-hybridized carbons (Fsp3) is 0.773. The predicted molar refractivity (Wildman–Crippen MR) is 121 cm³/mol. The van der Waals surface area contributed by atoms with Gasteiger partial charge in [-0.05, 0) is 57.3 Å². The van der Waals surface area contributed by atoms with Crippen molar-refractivity contribution in [3.63, 3.8) is 0 Å². The van der Waals surface area contributed by atoms with Crippen molar-refractivity contribution in [1.82, 2.24) is 28.5 Å². The van der Waals surface area contributed by atoms with Crippen molar-refractivity contribution in [1.29, 1.82) is 0 Å². The van der Waals surface area contributed by atoms with E-state index in [1.807, 2.05) is 4.57 Å².